The minimum Gasteiger partial charge on any atom is -0.489 e. The van der Waals surface area contributed by atoms with Crippen molar-refractivity contribution in [2.45, 2.75) is 0 Å². The van der Waals surface area contributed by atoms with E-state index in [0.29, 0.717) is 28.0 Å². The fourth-order valence-corrected chi connectivity index (χ4v) is 2.26. The molecule has 1 aromatic heterocycles. The highest BCUT2D eigenvalue weighted by Crippen LogP contribution is 2.30. The molecule has 116 valence electrons. The first-order valence-corrected chi connectivity index (χ1v) is 6.89. The van der Waals surface area contributed by atoms with E-state index in [1.54, 1.807) is 36.4 Å². The molecule has 0 saturated heterocycles. The highest BCUT2D eigenvalue weighted by atomic mass is 19.1. The summed E-state index contributed by atoms with van der Waals surface area (Å²) in [6.45, 7) is -0.662. The number of alkyl halides is 1. The number of nitro groups is 1. The van der Waals surface area contributed by atoms with Gasteiger partial charge in [0.05, 0.1) is 27.9 Å². The molecule has 0 saturated carbocycles. The Balaban J connectivity index is 2.10. The second kappa shape index (κ2) is 6.35. The predicted molar refractivity (Wildman–Crippen MR) is 83.1 cm³/mol. The van der Waals surface area contributed by atoms with Crippen LogP contribution in [-0.2, 0) is 0 Å². The van der Waals surface area contributed by atoms with Crippen LogP contribution in [0.1, 0.15) is 0 Å². The van der Waals surface area contributed by atoms with Crippen molar-refractivity contribution in [3.05, 3.63) is 58.8 Å². The summed E-state index contributed by atoms with van der Waals surface area (Å²) in [5.41, 5.74) is 1.76. The number of hydrogen-bond donors (Lipinski definition) is 0. The van der Waals surface area contributed by atoms with Crippen LogP contribution in [0.5, 0.6) is 5.75 Å². The summed E-state index contributed by atoms with van der Waals surface area (Å²) in [6, 6.07) is 11.5. The van der Waals surface area contributed by atoms with Crippen LogP contribution in [0.25, 0.3) is 22.3 Å². The van der Waals surface area contributed by atoms with Gasteiger partial charge in [0.15, 0.2) is 0 Å². The van der Waals surface area contributed by atoms with Crippen LogP contribution < -0.4 is 4.74 Å². The van der Waals surface area contributed by atoms with E-state index in [0.717, 1.165) is 0 Å². The van der Waals surface area contributed by atoms with Crippen molar-refractivity contribution < 1.29 is 14.1 Å². The van der Waals surface area contributed by atoms with Gasteiger partial charge in [-0.05, 0) is 18.2 Å². The molecule has 7 heteroatoms. The lowest BCUT2D eigenvalue weighted by Crippen LogP contribution is -2.00. The van der Waals surface area contributed by atoms with Gasteiger partial charge < -0.3 is 4.74 Å². The average molecular weight is 313 g/mol. The maximum Gasteiger partial charge on any atom is 0.278 e. The molecule has 0 spiro atoms. The van der Waals surface area contributed by atoms with Gasteiger partial charge in [-0.25, -0.2) is 14.4 Å². The maximum absolute atomic E-state index is 12.3. The second-order valence-electron chi connectivity index (χ2n) is 4.69. The quantitative estimate of drug-likeness (QED) is 0.531. The normalized spacial score (nSPS) is 10.7. The monoisotopic (exact) mass is 313 g/mol. The number of hydrogen-bond acceptors (Lipinski definition) is 5. The van der Waals surface area contributed by atoms with Crippen LogP contribution in [0.2, 0.25) is 0 Å². The van der Waals surface area contributed by atoms with E-state index < -0.39 is 11.6 Å². The van der Waals surface area contributed by atoms with Gasteiger partial charge in [-0.2, -0.15) is 0 Å². The molecule has 3 rings (SSSR count). The van der Waals surface area contributed by atoms with Crippen molar-refractivity contribution in [3.8, 4) is 17.0 Å². The van der Waals surface area contributed by atoms with Gasteiger partial charge in [-0.1, -0.05) is 18.2 Å². The van der Waals surface area contributed by atoms with Gasteiger partial charge in [-0.15, -0.1) is 0 Å². The van der Waals surface area contributed by atoms with E-state index in [4.69, 9.17) is 4.74 Å². The third-order valence-electron chi connectivity index (χ3n) is 3.25. The van der Waals surface area contributed by atoms with Gasteiger partial charge in [0, 0.05) is 6.07 Å². The SMILES string of the molecule is O=[N+]([O-])c1ccccc1-c1cnc2c(OCCF)cccc2n1. The number of halogens is 1. The highest BCUT2D eigenvalue weighted by Gasteiger charge is 2.16. The van der Waals surface area contributed by atoms with Crippen molar-refractivity contribution in [3.63, 3.8) is 0 Å². The van der Waals surface area contributed by atoms with Crippen LogP contribution >= 0.6 is 0 Å². The van der Waals surface area contributed by atoms with E-state index in [-0.39, 0.29) is 12.3 Å². The lowest BCUT2D eigenvalue weighted by Gasteiger charge is -2.08. The van der Waals surface area contributed by atoms with E-state index >= 15 is 0 Å². The molecule has 2 aromatic carbocycles. The third kappa shape index (κ3) is 2.94. The van der Waals surface area contributed by atoms with Crippen LogP contribution in [-0.4, -0.2) is 28.2 Å². The van der Waals surface area contributed by atoms with Gasteiger partial charge in [-0.3, -0.25) is 10.1 Å². The Morgan fingerprint density at radius 1 is 1.17 bits per heavy atom. The highest BCUT2D eigenvalue weighted by molar-refractivity contribution is 5.83. The number of ether oxygens (including phenoxy) is 1. The lowest BCUT2D eigenvalue weighted by atomic mass is 10.1. The fourth-order valence-electron chi connectivity index (χ4n) is 2.26. The minimum atomic E-state index is -0.599. The zero-order valence-electron chi connectivity index (χ0n) is 12.0. The van der Waals surface area contributed by atoms with Crippen LogP contribution in [0.3, 0.4) is 0 Å². The molecular weight excluding hydrogens is 301 g/mol. The number of nitrogens with zero attached hydrogens (tertiary/aromatic N) is 3. The van der Waals surface area contributed by atoms with Crippen molar-refractivity contribution in [2.75, 3.05) is 13.3 Å². The topological polar surface area (TPSA) is 78.2 Å². The standard InChI is InChI=1S/C16H12FN3O3/c17-8-9-23-15-7-3-5-12-16(15)18-10-13(19-12)11-4-1-2-6-14(11)20(21)22/h1-7,10H,8-9H2. The van der Waals surface area contributed by atoms with Crippen LogP contribution in [0, 0.1) is 10.1 Å². The maximum atomic E-state index is 12.3. The van der Waals surface area contributed by atoms with Crippen molar-refractivity contribution in [1.82, 2.24) is 9.97 Å². The summed E-state index contributed by atoms with van der Waals surface area (Å²) in [5, 5.41) is 11.1. The molecule has 0 radical (unpaired) electrons. The van der Waals surface area contributed by atoms with E-state index in [9.17, 15) is 14.5 Å². The van der Waals surface area contributed by atoms with Crippen molar-refractivity contribution in [2.24, 2.45) is 0 Å². The fraction of sp³-hybridized carbons (Fsp3) is 0.125. The zero-order chi connectivity index (χ0) is 16.2. The molecule has 1 heterocycles. The lowest BCUT2D eigenvalue weighted by molar-refractivity contribution is -0.384. The van der Waals surface area contributed by atoms with Crippen LogP contribution in [0.4, 0.5) is 10.1 Å². The zero-order valence-corrected chi connectivity index (χ0v) is 12.0. The summed E-state index contributed by atoms with van der Waals surface area (Å²) < 4.78 is 17.5. The Morgan fingerprint density at radius 2 is 2.00 bits per heavy atom. The Morgan fingerprint density at radius 3 is 2.78 bits per heavy atom. The molecule has 0 N–H and O–H groups in total. The summed E-state index contributed by atoms with van der Waals surface area (Å²) >= 11 is 0. The summed E-state index contributed by atoms with van der Waals surface area (Å²) in [7, 11) is 0. The van der Waals surface area contributed by atoms with Gasteiger partial charge >= 0.3 is 0 Å². The van der Waals surface area contributed by atoms with Crippen LogP contribution in [0.15, 0.2) is 48.7 Å². The Bertz CT molecular complexity index is 870. The Labute approximate surface area is 130 Å². The molecule has 0 aliphatic carbocycles. The molecule has 0 fully saturated rings. The number of aromatic nitrogens is 2. The predicted octanol–water partition coefficient (Wildman–Crippen LogP) is 3.55. The molecule has 23 heavy (non-hydrogen) atoms. The third-order valence-corrected chi connectivity index (χ3v) is 3.25. The number of benzene rings is 2. The molecule has 0 unspecified atom stereocenters. The molecule has 0 bridgehead atoms. The first-order valence-electron chi connectivity index (χ1n) is 6.89. The Hall–Kier alpha value is -3.09. The summed E-state index contributed by atoms with van der Waals surface area (Å²) in [5.74, 6) is 0.432. The molecular formula is C16H12FN3O3. The largest absolute Gasteiger partial charge is 0.489 e. The molecule has 3 aromatic rings. The Kier molecular flexibility index (Phi) is 4.09. The smallest absolute Gasteiger partial charge is 0.278 e. The van der Waals surface area contributed by atoms with Crippen molar-refractivity contribution >= 4 is 16.7 Å². The van der Waals surface area contributed by atoms with E-state index in [2.05, 4.69) is 9.97 Å². The molecule has 0 atom stereocenters. The van der Waals surface area contributed by atoms with Gasteiger partial charge in [0.1, 0.15) is 24.5 Å². The second-order valence-corrected chi connectivity index (χ2v) is 4.69. The van der Waals surface area contributed by atoms with Gasteiger partial charge in [0.2, 0.25) is 0 Å². The number of rotatable bonds is 5. The molecule has 6 nitrogen and oxygen atoms in total. The van der Waals surface area contributed by atoms with Gasteiger partial charge in [0.25, 0.3) is 5.69 Å². The number of nitro benzene ring substituents is 1. The number of para-hydroxylation sites is 2. The van der Waals surface area contributed by atoms with E-state index in [1.807, 2.05) is 0 Å². The summed E-state index contributed by atoms with van der Waals surface area (Å²) in [6.07, 6.45) is 1.45. The summed E-state index contributed by atoms with van der Waals surface area (Å²) in [4.78, 5) is 19.4. The van der Waals surface area contributed by atoms with E-state index in [1.165, 1.54) is 12.3 Å². The average Bonchev–Trinajstić information content (AvgIpc) is 2.59. The first kappa shape index (κ1) is 14.8. The molecule has 0 amide bonds. The minimum absolute atomic E-state index is 0.0361. The van der Waals surface area contributed by atoms with Crippen molar-refractivity contribution in [1.29, 1.82) is 0 Å². The first-order chi connectivity index (χ1) is 11.2. The molecule has 0 aliphatic rings. The number of fused-ring (bicyclic) bond motifs is 1. The molecule has 0 aliphatic heterocycles.